The number of hydrogen-bond acceptors (Lipinski definition) is 4. The number of piperidine rings is 1. The Morgan fingerprint density at radius 2 is 2.07 bits per heavy atom. The van der Waals surface area contributed by atoms with Crippen LogP contribution < -0.4 is 15.4 Å². The molecule has 156 valence electrons. The first-order valence-corrected chi connectivity index (χ1v) is 10.0. The van der Waals surface area contributed by atoms with Crippen molar-refractivity contribution in [2.24, 2.45) is 10.9 Å². The van der Waals surface area contributed by atoms with Crippen molar-refractivity contribution in [3.63, 3.8) is 0 Å². The van der Waals surface area contributed by atoms with Crippen LogP contribution in [0.25, 0.3) is 0 Å². The predicted molar refractivity (Wildman–Crippen MR) is 114 cm³/mol. The van der Waals surface area contributed by atoms with Crippen LogP contribution in [0.4, 0.5) is 0 Å². The summed E-state index contributed by atoms with van der Waals surface area (Å²) in [5, 5.41) is 6.17. The summed E-state index contributed by atoms with van der Waals surface area (Å²) in [5.41, 5.74) is 1.16. The van der Waals surface area contributed by atoms with Gasteiger partial charge in [-0.2, -0.15) is 0 Å². The number of benzene rings is 1. The van der Waals surface area contributed by atoms with Crippen molar-refractivity contribution in [3.05, 3.63) is 29.8 Å². The molecule has 2 rings (SSSR count). The second kappa shape index (κ2) is 11.5. The van der Waals surface area contributed by atoms with E-state index in [1.165, 1.54) is 0 Å². The number of guanidine groups is 1. The van der Waals surface area contributed by atoms with Crippen molar-refractivity contribution in [1.29, 1.82) is 0 Å². The van der Waals surface area contributed by atoms with E-state index in [2.05, 4.69) is 37.6 Å². The molecule has 0 spiro atoms. The van der Waals surface area contributed by atoms with Gasteiger partial charge in [0.25, 0.3) is 0 Å². The fourth-order valence-corrected chi connectivity index (χ4v) is 3.32. The highest BCUT2D eigenvalue weighted by Crippen LogP contribution is 2.20. The number of hydrogen-bond donors (Lipinski definition) is 2. The van der Waals surface area contributed by atoms with Crippen LogP contribution in [0, 0.1) is 5.92 Å². The maximum absolute atomic E-state index is 11.6. The third kappa shape index (κ3) is 7.38. The molecular weight excluding hydrogens is 354 g/mol. The van der Waals surface area contributed by atoms with Crippen molar-refractivity contribution in [2.45, 2.75) is 25.8 Å². The Bertz CT molecular complexity index is 639. The standard InChI is InChI=1S/C21H35N5O2/c1-22-20(27)15-17-8-10-26(11-9-17)21(23-2)24-16-18-6-5-7-19(14-18)28-13-12-25(3)4/h5-7,14,17H,8-13,15-16H2,1-4H3,(H,22,27)(H,23,24). The molecule has 0 bridgehead atoms. The number of carbonyl (C=O) groups excluding carboxylic acids is 1. The summed E-state index contributed by atoms with van der Waals surface area (Å²) in [6.07, 6.45) is 2.66. The van der Waals surface area contributed by atoms with E-state index in [-0.39, 0.29) is 5.91 Å². The summed E-state index contributed by atoms with van der Waals surface area (Å²) < 4.78 is 5.82. The van der Waals surface area contributed by atoms with E-state index in [0.29, 0.717) is 25.5 Å². The average molecular weight is 390 g/mol. The number of carbonyl (C=O) groups is 1. The molecule has 0 aromatic heterocycles. The molecule has 0 unspecified atom stereocenters. The van der Waals surface area contributed by atoms with Gasteiger partial charge >= 0.3 is 0 Å². The van der Waals surface area contributed by atoms with Gasteiger partial charge in [-0.1, -0.05) is 12.1 Å². The molecule has 0 atom stereocenters. The molecular formula is C21H35N5O2. The van der Waals surface area contributed by atoms with Crippen molar-refractivity contribution in [3.8, 4) is 5.75 Å². The molecule has 1 aliphatic heterocycles. The maximum Gasteiger partial charge on any atom is 0.220 e. The molecule has 2 N–H and O–H groups in total. The number of aliphatic imine (C=N–C) groups is 1. The first kappa shape index (κ1) is 22.0. The highest BCUT2D eigenvalue weighted by Gasteiger charge is 2.23. The molecule has 1 aliphatic rings. The molecule has 1 fully saturated rings. The number of nitrogens with one attached hydrogen (secondary N) is 2. The van der Waals surface area contributed by atoms with E-state index in [9.17, 15) is 4.79 Å². The van der Waals surface area contributed by atoms with Gasteiger partial charge in [-0.05, 0) is 50.6 Å². The summed E-state index contributed by atoms with van der Waals surface area (Å²) in [6, 6.07) is 8.18. The van der Waals surface area contributed by atoms with Crippen LogP contribution in [0.3, 0.4) is 0 Å². The highest BCUT2D eigenvalue weighted by molar-refractivity contribution is 5.80. The fourth-order valence-electron chi connectivity index (χ4n) is 3.32. The summed E-state index contributed by atoms with van der Waals surface area (Å²) in [6.45, 7) is 4.13. The van der Waals surface area contributed by atoms with Gasteiger partial charge in [-0.25, -0.2) is 0 Å². The zero-order chi connectivity index (χ0) is 20.4. The quantitative estimate of drug-likeness (QED) is 0.522. The van der Waals surface area contributed by atoms with Crippen LogP contribution in [0.15, 0.2) is 29.3 Å². The van der Waals surface area contributed by atoms with Crippen LogP contribution in [0.5, 0.6) is 5.75 Å². The zero-order valence-electron chi connectivity index (χ0n) is 17.7. The average Bonchev–Trinajstić information content (AvgIpc) is 2.69. The summed E-state index contributed by atoms with van der Waals surface area (Å²) in [7, 11) is 7.60. The Balaban J connectivity index is 1.80. The fraction of sp³-hybridized carbons (Fsp3) is 0.619. The third-order valence-electron chi connectivity index (χ3n) is 5.04. The lowest BCUT2D eigenvalue weighted by molar-refractivity contribution is -0.121. The van der Waals surface area contributed by atoms with Gasteiger partial charge in [0.05, 0.1) is 0 Å². The van der Waals surface area contributed by atoms with E-state index < -0.39 is 0 Å². The van der Waals surface area contributed by atoms with Crippen LogP contribution in [0.1, 0.15) is 24.8 Å². The number of rotatable bonds is 8. The van der Waals surface area contributed by atoms with E-state index in [1.807, 2.05) is 33.3 Å². The number of ether oxygens (including phenoxy) is 1. The van der Waals surface area contributed by atoms with Crippen molar-refractivity contribution in [2.75, 3.05) is 54.4 Å². The Kier molecular flexibility index (Phi) is 9.07. The summed E-state index contributed by atoms with van der Waals surface area (Å²) in [4.78, 5) is 20.4. The largest absolute Gasteiger partial charge is 0.492 e. The van der Waals surface area contributed by atoms with Crippen LogP contribution in [0.2, 0.25) is 0 Å². The van der Waals surface area contributed by atoms with Gasteiger partial charge < -0.3 is 25.2 Å². The van der Waals surface area contributed by atoms with Crippen LogP contribution >= 0.6 is 0 Å². The molecule has 1 aromatic carbocycles. The molecule has 0 radical (unpaired) electrons. The molecule has 1 aromatic rings. The first-order chi connectivity index (χ1) is 13.5. The molecule has 7 nitrogen and oxygen atoms in total. The topological polar surface area (TPSA) is 69.2 Å². The maximum atomic E-state index is 11.6. The highest BCUT2D eigenvalue weighted by atomic mass is 16.5. The molecule has 1 saturated heterocycles. The monoisotopic (exact) mass is 389 g/mol. The molecule has 1 amide bonds. The lowest BCUT2D eigenvalue weighted by Gasteiger charge is -2.34. The normalized spacial score (nSPS) is 15.6. The Labute approximate surface area is 169 Å². The minimum absolute atomic E-state index is 0.133. The molecule has 28 heavy (non-hydrogen) atoms. The smallest absolute Gasteiger partial charge is 0.220 e. The number of likely N-dealkylation sites (N-methyl/N-ethyl adjacent to an activating group) is 1. The summed E-state index contributed by atoms with van der Waals surface area (Å²) in [5.74, 6) is 2.41. The second-order valence-electron chi connectivity index (χ2n) is 7.51. The molecule has 7 heteroatoms. The van der Waals surface area contributed by atoms with E-state index in [4.69, 9.17) is 4.74 Å². The van der Waals surface area contributed by atoms with E-state index >= 15 is 0 Å². The van der Waals surface area contributed by atoms with Gasteiger partial charge in [0.1, 0.15) is 12.4 Å². The number of likely N-dealkylation sites (tertiary alicyclic amines) is 1. The number of nitrogens with zero attached hydrogens (tertiary/aromatic N) is 3. The van der Waals surface area contributed by atoms with Gasteiger partial charge in [0.15, 0.2) is 5.96 Å². The lowest BCUT2D eigenvalue weighted by Crippen LogP contribution is -2.45. The van der Waals surface area contributed by atoms with Gasteiger partial charge in [0, 0.05) is 46.7 Å². The van der Waals surface area contributed by atoms with E-state index in [0.717, 1.165) is 49.7 Å². The van der Waals surface area contributed by atoms with E-state index in [1.54, 1.807) is 7.05 Å². The lowest BCUT2D eigenvalue weighted by atomic mass is 9.93. The van der Waals surface area contributed by atoms with Crippen molar-refractivity contribution < 1.29 is 9.53 Å². The Morgan fingerprint density at radius 3 is 2.71 bits per heavy atom. The van der Waals surface area contributed by atoms with Crippen molar-refractivity contribution in [1.82, 2.24) is 20.4 Å². The SMILES string of the molecule is CN=C(NCc1cccc(OCCN(C)C)c1)N1CCC(CC(=O)NC)CC1. The molecule has 1 heterocycles. The summed E-state index contributed by atoms with van der Waals surface area (Å²) >= 11 is 0. The Morgan fingerprint density at radius 1 is 1.32 bits per heavy atom. The van der Waals surface area contributed by atoms with Crippen molar-refractivity contribution >= 4 is 11.9 Å². The van der Waals surface area contributed by atoms with Crippen LogP contribution in [-0.2, 0) is 11.3 Å². The van der Waals surface area contributed by atoms with Gasteiger partial charge in [0.2, 0.25) is 5.91 Å². The first-order valence-electron chi connectivity index (χ1n) is 10.0. The minimum Gasteiger partial charge on any atom is -0.492 e. The Hall–Kier alpha value is -2.28. The predicted octanol–water partition coefficient (Wildman–Crippen LogP) is 1.55. The zero-order valence-corrected chi connectivity index (χ0v) is 17.7. The second-order valence-corrected chi connectivity index (χ2v) is 7.51. The van der Waals surface area contributed by atoms with Crippen LogP contribution in [-0.4, -0.2) is 76.1 Å². The molecule has 0 aliphatic carbocycles. The van der Waals surface area contributed by atoms with Gasteiger partial charge in [-0.15, -0.1) is 0 Å². The van der Waals surface area contributed by atoms with Gasteiger partial charge in [-0.3, -0.25) is 9.79 Å². The number of amides is 1. The molecule has 0 saturated carbocycles. The third-order valence-corrected chi connectivity index (χ3v) is 5.04. The minimum atomic E-state index is 0.133.